The monoisotopic (exact) mass is 241 g/mol. The summed E-state index contributed by atoms with van der Waals surface area (Å²) in [6, 6.07) is 5.77. The fourth-order valence-corrected chi connectivity index (χ4v) is 1.75. The largest absolute Gasteiger partial charge is 0.493 e. The Hall–Kier alpha value is -0.730. The van der Waals surface area contributed by atoms with Gasteiger partial charge in [0.1, 0.15) is 5.75 Å². The Morgan fingerprint density at radius 3 is 2.81 bits per heavy atom. The van der Waals surface area contributed by atoms with Crippen molar-refractivity contribution in [2.75, 3.05) is 13.7 Å². The second-order valence-corrected chi connectivity index (χ2v) is 4.27. The zero-order chi connectivity index (χ0) is 11.8. The van der Waals surface area contributed by atoms with Crippen molar-refractivity contribution in [2.24, 2.45) is 0 Å². The van der Waals surface area contributed by atoms with Gasteiger partial charge in [0.25, 0.3) is 0 Å². The topological polar surface area (TPSA) is 21.3 Å². The van der Waals surface area contributed by atoms with Crippen molar-refractivity contribution in [2.45, 2.75) is 32.7 Å². The molecule has 2 nitrogen and oxygen atoms in total. The van der Waals surface area contributed by atoms with Gasteiger partial charge < -0.3 is 10.1 Å². The van der Waals surface area contributed by atoms with Gasteiger partial charge >= 0.3 is 0 Å². The van der Waals surface area contributed by atoms with Crippen molar-refractivity contribution in [1.29, 1.82) is 0 Å². The molecule has 0 aliphatic carbocycles. The van der Waals surface area contributed by atoms with Crippen LogP contribution in [0.15, 0.2) is 18.2 Å². The van der Waals surface area contributed by atoms with Gasteiger partial charge in [0.15, 0.2) is 0 Å². The number of hydrogen-bond acceptors (Lipinski definition) is 2. The molecule has 0 aliphatic heterocycles. The van der Waals surface area contributed by atoms with Gasteiger partial charge in [0.2, 0.25) is 0 Å². The standard InChI is InChI=1S/C13H20ClNO/c1-3-4-5-8-16-13-7-6-12(14)9-11(13)10-15-2/h6-7,9,15H,3-5,8,10H2,1-2H3. The third kappa shape index (κ3) is 4.42. The molecule has 0 aliphatic rings. The Kier molecular flexibility index (Phi) is 6.27. The first kappa shape index (κ1) is 13.3. The van der Waals surface area contributed by atoms with Crippen molar-refractivity contribution in [3.63, 3.8) is 0 Å². The minimum Gasteiger partial charge on any atom is -0.493 e. The molecular weight excluding hydrogens is 222 g/mol. The summed E-state index contributed by atoms with van der Waals surface area (Å²) in [6.45, 7) is 3.75. The smallest absolute Gasteiger partial charge is 0.123 e. The summed E-state index contributed by atoms with van der Waals surface area (Å²) in [6.07, 6.45) is 3.54. The van der Waals surface area contributed by atoms with Crippen LogP contribution in [0, 0.1) is 0 Å². The summed E-state index contributed by atoms with van der Waals surface area (Å²) in [4.78, 5) is 0. The zero-order valence-corrected chi connectivity index (χ0v) is 10.8. The van der Waals surface area contributed by atoms with E-state index in [1.54, 1.807) is 0 Å². The molecule has 0 unspecified atom stereocenters. The van der Waals surface area contributed by atoms with Crippen LogP contribution in [0.2, 0.25) is 5.02 Å². The number of halogens is 1. The lowest BCUT2D eigenvalue weighted by Gasteiger charge is -2.11. The third-order valence-electron chi connectivity index (χ3n) is 2.40. The quantitative estimate of drug-likeness (QED) is 0.736. The fourth-order valence-electron chi connectivity index (χ4n) is 1.55. The Bertz CT molecular complexity index is 315. The van der Waals surface area contributed by atoms with Gasteiger partial charge in [-0.3, -0.25) is 0 Å². The minimum atomic E-state index is 0.756. The van der Waals surface area contributed by atoms with Crippen LogP contribution in [-0.2, 0) is 6.54 Å². The highest BCUT2D eigenvalue weighted by Gasteiger charge is 2.03. The van der Waals surface area contributed by atoms with Crippen LogP contribution in [0.1, 0.15) is 31.7 Å². The molecule has 16 heavy (non-hydrogen) atoms. The molecule has 0 spiro atoms. The lowest BCUT2D eigenvalue weighted by atomic mass is 10.2. The average Bonchev–Trinajstić information content (AvgIpc) is 2.27. The Morgan fingerprint density at radius 1 is 1.31 bits per heavy atom. The molecule has 0 radical (unpaired) electrons. The average molecular weight is 242 g/mol. The second-order valence-electron chi connectivity index (χ2n) is 3.84. The van der Waals surface area contributed by atoms with E-state index in [4.69, 9.17) is 16.3 Å². The number of hydrogen-bond donors (Lipinski definition) is 1. The molecule has 0 bridgehead atoms. The molecule has 3 heteroatoms. The molecule has 0 fully saturated rings. The number of nitrogens with one attached hydrogen (secondary N) is 1. The predicted molar refractivity (Wildman–Crippen MR) is 69.2 cm³/mol. The lowest BCUT2D eigenvalue weighted by Crippen LogP contribution is -2.08. The van der Waals surface area contributed by atoms with Crippen molar-refractivity contribution in [1.82, 2.24) is 5.32 Å². The van der Waals surface area contributed by atoms with Crippen LogP contribution >= 0.6 is 11.6 Å². The van der Waals surface area contributed by atoms with Gasteiger partial charge in [-0.2, -0.15) is 0 Å². The Morgan fingerprint density at radius 2 is 2.12 bits per heavy atom. The van der Waals surface area contributed by atoms with Gasteiger partial charge in [-0.15, -0.1) is 0 Å². The Labute approximate surface area is 103 Å². The summed E-state index contributed by atoms with van der Waals surface area (Å²) < 4.78 is 5.75. The van der Waals surface area contributed by atoms with Crippen molar-refractivity contribution >= 4 is 11.6 Å². The van der Waals surface area contributed by atoms with E-state index in [1.807, 2.05) is 25.2 Å². The van der Waals surface area contributed by atoms with E-state index in [2.05, 4.69) is 12.2 Å². The molecule has 0 amide bonds. The molecule has 0 saturated heterocycles. The molecule has 0 heterocycles. The summed E-state index contributed by atoms with van der Waals surface area (Å²) in [5.41, 5.74) is 1.12. The molecule has 1 N–H and O–H groups in total. The van der Waals surface area contributed by atoms with Crippen molar-refractivity contribution in [3.05, 3.63) is 28.8 Å². The van der Waals surface area contributed by atoms with Gasteiger partial charge in [0.05, 0.1) is 6.61 Å². The van der Waals surface area contributed by atoms with E-state index in [9.17, 15) is 0 Å². The van der Waals surface area contributed by atoms with Crippen LogP contribution in [0.3, 0.4) is 0 Å². The maximum Gasteiger partial charge on any atom is 0.123 e. The van der Waals surface area contributed by atoms with Gasteiger partial charge in [-0.05, 0) is 31.7 Å². The van der Waals surface area contributed by atoms with Crippen LogP contribution < -0.4 is 10.1 Å². The highest BCUT2D eigenvalue weighted by Crippen LogP contribution is 2.23. The SMILES string of the molecule is CCCCCOc1ccc(Cl)cc1CNC. The molecular formula is C13H20ClNO. The summed E-state index contributed by atoms with van der Waals surface area (Å²) in [7, 11) is 1.92. The highest BCUT2D eigenvalue weighted by atomic mass is 35.5. The molecule has 90 valence electrons. The van der Waals surface area contributed by atoms with Gasteiger partial charge in [0, 0.05) is 17.1 Å². The first-order chi connectivity index (χ1) is 7.77. The van der Waals surface area contributed by atoms with Crippen molar-refractivity contribution < 1.29 is 4.74 Å². The van der Waals surface area contributed by atoms with Gasteiger partial charge in [-0.25, -0.2) is 0 Å². The summed E-state index contributed by atoms with van der Waals surface area (Å²) >= 11 is 5.95. The first-order valence-corrected chi connectivity index (χ1v) is 6.21. The first-order valence-electron chi connectivity index (χ1n) is 5.83. The van der Waals surface area contributed by atoms with Crippen molar-refractivity contribution in [3.8, 4) is 5.75 Å². The molecule has 0 aromatic heterocycles. The lowest BCUT2D eigenvalue weighted by molar-refractivity contribution is 0.303. The second kappa shape index (κ2) is 7.53. The molecule has 1 rings (SSSR count). The number of rotatable bonds is 7. The number of unbranched alkanes of at least 4 members (excludes halogenated alkanes) is 2. The molecule has 1 aromatic rings. The Balaban J connectivity index is 2.56. The molecule has 1 aromatic carbocycles. The van der Waals surface area contributed by atoms with E-state index in [-0.39, 0.29) is 0 Å². The summed E-state index contributed by atoms with van der Waals surface area (Å²) in [5.74, 6) is 0.940. The minimum absolute atomic E-state index is 0.756. The fraction of sp³-hybridized carbons (Fsp3) is 0.538. The van der Waals surface area contributed by atoms with E-state index < -0.39 is 0 Å². The maximum atomic E-state index is 5.95. The van der Waals surface area contributed by atoms with E-state index in [0.717, 1.165) is 35.9 Å². The van der Waals surface area contributed by atoms with E-state index in [1.165, 1.54) is 12.8 Å². The van der Waals surface area contributed by atoms with Crippen LogP contribution in [0.4, 0.5) is 0 Å². The molecule has 0 saturated carbocycles. The van der Waals surface area contributed by atoms with E-state index in [0.29, 0.717) is 0 Å². The van der Waals surface area contributed by atoms with E-state index >= 15 is 0 Å². The predicted octanol–water partition coefficient (Wildman–Crippen LogP) is 3.63. The highest BCUT2D eigenvalue weighted by molar-refractivity contribution is 6.30. The van der Waals surface area contributed by atoms with Crippen LogP contribution in [0.5, 0.6) is 5.75 Å². The van der Waals surface area contributed by atoms with Crippen LogP contribution in [0.25, 0.3) is 0 Å². The number of benzene rings is 1. The number of ether oxygens (including phenoxy) is 1. The van der Waals surface area contributed by atoms with Crippen LogP contribution in [-0.4, -0.2) is 13.7 Å². The normalized spacial score (nSPS) is 10.4. The maximum absolute atomic E-state index is 5.95. The third-order valence-corrected chi connectivity index (χ3v) is 2.63. The molecule has 0 atom stereocenters. The zero-order valence-electron chi connectivity index (χ0n) is 10.1. The van der Waals surface area contributed by atoms with Gasteiger partial charge in [-0.1, -0.05) is 31.4 Å². The summed E-state index contributed by atoms with van der Waals surface area (Å²) in [5, 5.41) is 3.87.